The summed E-state index contributed by atoms with van der Waals surface area (Å²) >= 11 is 6.00. The Kier molecular flexibility index (Phi) is 3.13. The molecule has 0 saturated carbocycles. The van der Waals surface area contributed by atoms with E-state index in [1.807, 2.05) is 47.5 Å². The normalized spacial score (nSPS) is 25.5. The van der Waals surface area contributed by atoms with E-state index >= 15 is 0 Å². The quantitative estimate of drug-likeness (QED) is 0.751. The second-order valence-corrected chi connectivity index (χ2v) is 6.51. The molecule has 1 aliphatic heterocycles. The molecule has 3 heteroatoms. The lowest BCUT2D eigenvalue weighted by atomic mass is 9.94. The molecule has 3 rings (SSSR count). The molecule has 2 aromatic rings. The number of rotatable bonds is 2. The molecule has 1 fully saturated rings. The predicted octanol–water partition coefficient (Wildman–Crippen LogP) is 4.59. The van der Waals surface area contributed by atoms with E-state index in [4.69, 9.17) is 16.4 Å². The van der Waals surface area contributed by atoms with E-state index < -0.39 is 5.72 Å². The minimum Gasteiger partial charge on any atom is -0.260 e. The van der Waals surface area contributed by atoms with Crippen molar-refractivity contribution in [2.24, 2.45) is 0 Å². The van der Waals surface area contributed by atoms with Gasteiger partial charge in [0.1, 0.15) is 0 Å². The fourth-order valence-corrected chi connectivity index (χ4v) is 2.69. The monoisotopic (exact) mass is 287 g/mol. The second-order valence-electron chi connectivity index (χ2n) is 6.07. The summed E-state index contributed by atoms with van der Waals surface area (Å²) < 4.78 is 0. The first-order valence-electron chi connectivity index (χ1n) is 6.75. The lowest BCUT2D eigenvalue weighted by Crippen LogP contribution is -2.32. The average molecular weight is 288 g/mol. The molecular formula is C17H18ClNO. The van der Waals surface area contributed by atoms with Gasteiger partial charge in [-0.1, -0.05) is 54.1 Å². The Hall–Kier alpha value is -1.35. The highest BCUT2D eigenvalue weighted by Gasteiger charge is 2.62. The van der Waals surface area contributed by atoms with Gasteiger partial charge in [-0.05, 0) is 32.9 Å². The van der Waals surface area contributed by atoms with Crippen LogP contribution in [0.2, 0.25) is 5.02 Å². The molecule has 1 aliphatic rings. The SMILES string of the molecule is CC(C)(C)N1O[C@]1(c1ccccc1)c1ccc(Cl)cc1. The van der Waals surface area contributed by atoms with Gasteiger partial charge in [0.05, 0.1) is 0 Å². The maximum absolute atomic E-state index is 6.07. The lowest BCUT2D eigenvalue weighted by Gasteiger charge is -2.22. The predicted molar refractivity (Wildman–Crippen MR) is 81.4 cm³/mol. The van der Waals surface area contributed by atoms with Crippen molar-refractivity contribution in [2.45, 2.75) is 32.0 Å². The summed E-state index contributed by atoms with van der Waals surface area (Å²) in [4.78, 5) is 6.07. The molecule has 2 nitrogen and oxygen atoms in total. The first-order chi connectivity index (χ1) is 9.44. The van der Waals surface area contributed by atoms with Crippen molar-refractivity contribution >= 4 is 11.6 Å². The van der Waals surface area contributed by atoms with Crippen LogP contribution in [0.5, 0.6) is 0 Å². The summed E-state index contributed by atoms with van der Waals surface area (Å²) in [5.41, 5.74) is 1.67. The molecule has 2 aromatic carbocycles. The van der Waals surface area contributed by atoms with Crippen molar-refractivity contribution in [1.29, 1.82) is 0 Å². The summed E-state index contributed by atoms with van der Waals surface area (Å²) in [5.74, 6) is 0. The van der Waals surface area contributed by atoms with Crippen molar-refractivity contribution in [3.63, 3.8) is 0 Å². The molecule has 104 valence electrons. The summed E-state index contributed by atoms with van der Waals surface area (Å²) in [6.07, 6.45) is 0. The lowest BCUT2D eigenvalue weighted by molar-refractivity contribution is 0.101. The molecule has 1 unspecified atom stereocenters. The Morgan fingerprint density at radius 3 is 1.95 bits per heavy atom. The van der Waals surface area contributed by atoms with E-state index in [1.54, 1.807) is 0 Å². The second kappa shape index (κ2) is 4.59. The maximum atomic E-state index is 6.07. The zero-order valence-corrected chi connectivity index (χ0v) is 12.7. The van der Waals surface area contributed by atoms with Crippen molar-refractivity contribution in [1.82, 2.24) is 5.06 Å². The topological polar surface area (TPSA) is 15.5 Å². The minimum atomic E-state index is -0.496. The van der Waals surface area contributed by atoms with Crippen molar-refractivity contribution in [2.75, 3.05) is 0 Å². The number of hydrogen-bond acceptors (Lipinski definition) is 2. The van der Waals surface area contributed by atoms with Gasteiger partial charge in [-0.3, -0.25) is 4.84 Å². The first-order valence-corrected chi connectivity index (χ1v) is 7.13. The Morgan fingerprint density at radius 1 is 0.900 bits per heavy atom. The molecule has 0 radical (unpaired) electrons. The first kappa shape index (κ1) is 13.6. The maximum Gasteiger partial charge on any atom is 0.216 e. The molecule has 0 bridgehead atoms. The van der Waals surface area contributed by atoms with Gasteiger partial charge in [0, 0.05) is 21.7 Å². The highest BCUT2D eigenvalue weighted by molar-refractivity contribution is 6.30. The van der Waals surface area contributed by atoms with Gasteiger partial charge in [-0.15, -0.1) is 5.06 Å². The van der Waals surface area contributed by atoms with Crippen LogP contribution in [-0.2, 0) is 10.6 Å². The molecule has 1 saturated heterocycles. The molecule has 0 aromatic heterocycles. The number of nitrogens with zero attached hydrogens (tertiary/aromatic N) is 1. The van der Waals surface area contributed by atoms with Crippen LogP contribution < -0.4 is 0 Å². The van der Waals surface area contributed by atoms with E-state index in [9.17, 15) is 0 Å². The van der Waals surface area contributed by atoms with Crippen LogP contribution in [0.15, 0.2) is 54.6 Å². The molecule has 0 amide bonds. The van der Waals surface area contributed by atoms with Crippen LogP contribution in [-0.4, -0.2) is 10.6 Å². The zero-order valence-electron chi connectivity index (χ0n) is 11.9. The average Bonchev–Trinajstić information content (AvgIpc) is 3.17. The number of hydroxylamine groups is 2. The minimum absolute atomic E-state index is 0.0739. The van der Waals surface area contributed by atoms with Crippen LogP contribution in [0, 0.1) is 0 Å². The fraction of sp³-hybridized carbons (Fsp3) is 0.294. The molecule has 20 heavy (non-hydrogen) atoms. The van der Waals surface area contributed by atoms with Gasteiger partial charge in [0.25, 0.3) is 0 Å². The molecule has 1 heterocycles. The summed E-state index contributed by atoms with van der Waals surface area (Å²) in [6, 6.07) is 18.2. The van der Waals surface area contributed by atoms with E-state index in [0.717, 1.165) is 16.1 Å². The Bertz CT molecular complexity index is 603. The molecule has 0 N–H and O–H groups in total. The van der Waals surface area contributed by atoms with Gasteiger partial charge in [-0.2, -0.15) is 0 Å². The van der Waals surface area contributed by atoms with Crippen LogP contribution in [0.3, 0.4) is 0 Å². The smallest absolute Gasteiger partial charge is 0.216 e. The third kappa shape index (κ3) is 2.14. The fourth-order valence-electron chi connectivity index (χ4n) is 2.57. The highest BCUT2D eigenvalue weighted by atomic mass is 35.5. The molecule has 0 aliphatic carbocycles. The Morgan fingerprint density at radius 2 is 1.45 bits per heavy atom. The van der Waals surface area contributed by atoms with E-state index in [1.165, 1.54) is 0 Å². The third-order valence-electron chi connectivity index (χ3n) is 3.49. The van der Waals surface area contributed by atoms with Gasteiger partial charge < -0.3 is 0 Å². The van der Waals surface area contributed by atoms with E-state index in [0.29, 0.717) is 0 Å². The summed E-state index contributed by atoms with van der Waals surface area (Å²) in [7, 11) is 0. The third-order valence-corrected chi connectivity index (χ3v) is 3.74. The molecule has 2 atom stereocenters. The van der Waals surface area contributed by atoms with Crippen LogP contribution >= 0.6 is 11.6 Å². The van der Waals surface area contributed by atoms with E-state index in [2.05, 4.69) is 32.9 Å². The summed E-state index contributed by atoms with van der Waals surface area (Å²) in [5, 5.41) is 2.78. The van der Waals surface area contributed by atoms with Crippen molar-refractivity contribution < 1.29 is 4.84 Å². The standard InChI is InChI=1S/C17H18ClNO/c1-16(2,3)19-17(20-19,13-7-5-4-6-8-13)14-9-11-15(18)12-10-14/h4-12H,1-3H3/t17-,19?/m1/s1. The van der Waals surface area contributed by atoms with Gasteiger partial charge in [0.2, 0.25) is 5.72 Å². The molecular weight excluding hydrogens is 270 g/mol. The summed E-state index contributed by atoms with van der Waals surface area (Å²) in [6.45, 7) is 6.44. The Labute approximate surface area is 124 Å². The van der Waals surface area contributed by atoms with Crippen LogP contribution in [0.1, 0.15) is 31.9 Å². The Balaban J connectivity index is 2.10. The van der Waals surface area contributed by atoms with Crippen LogP contribution in [0.25, 0.3) is 0 Å². The number of halogens is 1. The molecule has 0 spiro atoms. The van der Waals surface area contributed by atoms with Gasteiger partial charge in [0.15, 0.2) is 0 Å². The van der Waals surface area contributed by atoms with Crippen molar-refractivity contribution in [3.05, 3.63) is 70.7 Å². The number of benzene rings is 2. The van der Waals surface area contributed by atoms with Crippen LogP contribution in [0.4, 0.5) is 0 Å². The van der Waals surface area contributed by atoms with Crippen molar-refractivity contribution in [3.8, 4) is 0 Å². The van der Waals surface area contributed by atoms with Gasteiger partial charge in [-0.25, -0.2) is 0 Å². The highest BCUT2D eigenvalue weighted by Crippen LogP contribution is 2.54. The van der Waals surface area contributed by atoms with E-state index in [-0.39, 0.29) is 5.54 Å². The number of hydrogen-bond donors (Lipinski definition) is 0. The zero-order chi connectivity index (χ0) is 14.4. The van der Waals surface area contributed by atoms with Gasteiger partial charge >= 0.3 is 0 Å². The largest absolute Gasteiger partial charge is 0.260 e.